The molecular weight excluding hydrogens is 210 g/mol. The van der Waals surface area contributed by atoms with E-state index < -0.39 is 0 Å². The molecule has 1 rings (SSSR count). The van der Waals surface area contributed by atoms with E-state index >= 15 is 0 Å². The first-order valence-electron chi connectivity index (χ1n) is 7.51. The molecule has 1 aliphatic heterocycles. The lowest BCUT2D eigenvalue weighted by Gasteiger charge is -2.34. The van der Waals surface area contributed by atoms with Gasteiger partial charge in [-0.15, -0.1) is 0 Å². The van der Waals surface area contributed by atoms with Gasteiger partial charge in [0, 0.05) is 26.2 Å². The van der Waals surface area contributed by atoms with E-state index in [1.165, 1.54) is 71.4 Å². The molecule has 0 aromatic rings. The van der Waals surface area contributed by atoms with Gasteiger partial charge in [-0.3, -0.25) is 0 Å². The van der Waals surface area contributed by atoms with Gasteiger partial charge < -0.3 is 15.5 Å². The SMILES string of the molecule is CCCCCCCN1CCN(CCCN)CC1. The van der Waals surface area contributed by atoms with Crippen molar-refractivity contribution in [3.05, 3.63) is 0 Å². The van der Waals surface area contributed by atoms with Crippen LogP contribution < -0.4 is 5.73 Å². The van der Waals surface area contributed by atoms with Crippen LogP contribution in [0.4, 0.5) is 0 Å². The predicted octanol–water partition coefficient (Wildman–Crippen LogP) is 1.92. The summed E-state index contributed by atoms with van der Waals surface area (Å²) in [7, 11) is 0. The molecule has 1 fully saturated rings. The second-order valence-electron chi connectivity index (χ2n) is 5.24. The third-order valence-electron chi connectivity index (χ3n) is 3.72. The summed E-state index contributed by atoms with van der Waals surface area (Å²) in [5.41, 5.74) is 5.54. The number of piperazine rings is 1. The Labute approximate surface area is 107 Å². The van der Waals surface area contributed by atoms with Crippen LogP contribution in [0.3, 0.4) is 0 Å². The third-order valence-corrected chi connectivity index (χ3v) is 3.72. The largest absolute Gasteiger partial charge is 0.330 e. The van der Waals surface area contributed by atoms with Crippen LogP contribution in [0.2, 0.25) is 0 Å². The summed E-state index contributed by atoms with van der Waals surface area (Å²) in [5.74, 6) is 0. The quantitative estimate of drug-likeness (QED) is 0.626. The highest BCUT2D eigenvalue weighted by Crippen LogP contribution is 2.07. The van der Waals surface area contributed by atoms with Gasteiger partial charge in [0.2, 0.25) is 0 Å². The van der Waals surface area contributed by atoms with Crippen LogP contribution in [0, 0.1) is 0 Å². The molecule has 0 amide bonds. The van der Waals surface area contributed by atoms with E-state index in [9.17, 15) is 0 Å². The average Bonchev–Trinajstić information content (AvgIpc) is 2.37. The maximum absolute atomic E-state index is 5.54. The van der Waals surface area contributed by atoms with Crippen LogP contribution in [0.1, 0.15) is 45.4 Å². The van der Waals surface area contributed by atoms with Gasteiger partial charge in [-0.05, 0) is 32.5 Å². The Hall–Kier alpha value is -0.120. The molecule has 0 saturated carbocycles. The normalized spacial score (nSPS) is 18.7. The Balaban J connectivity index is 1.95. The summed E-state index contributed by atoms with van der Waals surface area (Å²) in [4.78, 5) is 5.19. The molecule has 0 spiro atoms. The van der Waals surface area contributed by atoms with E-state index in [-0.39, 0.29) is 0 Å². The van der Waals surface area contributed by atoms with Gasteiger partial charge in [-0.25, -0.2) is 0 Å². The molecule has 0 aromatic heterocycles. The summed E-state index contributed by atoms with van der Waals surface area (Å²) in [6.07, 6.45) is 8.14. The van der Waals surface area contributed by atoms with Gasteiger partial charge in [0.05, 0.1) is 0 Å². The summed E-state index contributed by atoms with van der Waals surface area (Å²) >= 11 is 0. The number of unbranched alkanes of at least 4 members (excludes halogenated alkanes) is 4. The Morgan fingerprint density at radius 3 is 1.82 bits per heavy atom. The van der Waals surface area contributed by atoms with Gasteiger partial charge in [0.1, 0.15) is 0 Å². The molecule has 3 heteroatoms. The van der Waals surface area contributed by atoms with Crippen molar-refractivity contribution in [1.82, 2.24) is 9.80 Å². The Kier molecular flexibility index (Phi) is 8.67. The third kappa shape index (κ3) is 7.02. The standard InChI is InChI=1S/C14H31N3/c1-2-3-4-5-6-9-16-11-13-17(14-12-16)10-7-8-15/h2-15H2,1H3. The van der Waals surface area contributed by atoms with Crippen molar-refractivity contribution in [2.45, 2.75) is 45.4 Å². The zero-order valence-corrected chi connectivity index (χ0v) is 11.7. The Morgan fingerprint density at radius 2 is 1.29 bits per heavy atom. The summed E-state index contributed by atoms with van der Waals surface area (Å²) < 4.78 is 0. The van der Waals surface area contributed by atoms with Crippen LogP contribution in [-0.4, -0.2) is 55.6 Å². The van der Waals surface area contributed by atoms with E-state index in [1.54, 1.807) is 0 Å². The van der Waals surface area contributed by atoms with Crippen LogP contribution in [0.25, 0.3) is 0 Å². The van der Waals surface area contributed by atoms with Gasteiger partial charge in [-0.2, -0.15) is 0 Å². The first-order chi connectivity index (χ1) is 8.36. The minimum atomic E-state index is 0.831. The number of nitrogens with zero attached hydrogens (tertiary/aromatic N) is 2. The summed E-state index contributed by atoms with van der Waals surface area (Å²) in [6, 6.07) is 0. The fourth-order valence-electron chi connectivity index (χ4n) is 2.49. The van der Waals surface area contributed by atoms with Crippen molar-refractivity contribution < 1.29 is 0 Å². The van der Waals surface area contributed by atoms with Gasteiger partial charge in [0.25, 0.3) is 0 Å². The van der Waals surface area contributed by atoms with Crippen molar-refractivity contribution in [2.24, 2.45) is 5.73 Å². The minimum absolute atomic E-state index is 0.831. The van der Waals surface area contributed by atoms with Crippen LogP contribution in [0.5, 0.6) is 0 Å². The average molecular weight is 241 g/mol. The first kappa shape index (κ1) is 14.9. The van der Waals surface area contributed by atoms with Crippen molar-refractivity contribution in [3.8, 4) is 0 Å². The van der Waals surface area contributed by atoms with Crippen molar-refractivity contribution in [2.75, 3.05) is 45.8 Å². The zero-order chi connectivity index (χ0) is 12.3. The molecule has 0 aliphatic carbocycles. The summed E-state index contributed by atoms with van der Waals surface area (Å²) in [5, 5.41) is 0. The van der Waals surface area contributed by atoms with E-state index in [0.29, 0.717) is 0 Å². The molecule has 0 aromatic carbocycles. The topological polar surface area (TPSA) is 32.5 Å². The van der Waals surface area contributed by atoms with Crippen molar-refractivity contribution >= 4 is 0 Å². The summed E-state index contributed by atoms with van der Waals surface area (Å²) in [6.45, 7) is 10.6. The first-order valence-corrected chi connectivity index (χ1v) is 7.51. The molecule has 2 N–H and O–H groups in total. The number of hydrogen-bond acceptors (Lipinski definition) is 3. The molecule has 3 nitrogen and oxygen atoms in total. The highest BCUT2D eigenvalue weighted by atomic mass is 15.3. The molecule has 1 saturated heterocycles. The predicted molar refractivity (Wildman–Crippen MR) is 75.3 cm³/mol. The molecule has 1 aliphatic rings. The molecule has 0 bridgehead atoms. The van der Waals surface area contributed by atoms with Crippen LogP contribution in [0.15, 0.2) is 0 Å². The van der Waals surface area contributed by atoms with Crippen LogP contribution in [-0.2, 0) is 0 Å². The molecule has 0 atom stereocenters. The van der Waals surface area contributed by atoms with Gasteiger partial charge in [0.15, 0.2) is 0 Å². The Morgan fingerprint density at radius 1 is 0.765 bits per heavy atom. The second kappa shape index (κ2) is 9.86. The lowest BCUT2D eigenvalue weighted by atomic mass is 10.1. The van der Waals surface area contributed by atoms with Gasteiger partial charge >= 0.3 is 0 Å². The smallest absolute Gasteiger partial charge is 0.0110 e. The maximum atomic E-state index is 5.54. The van der Waals surface area contributed by atoms with Crippen LogP contribution >= 0.6 is 0 Å². The lowest BCUT2D eigenvalue weighted by molar-refractivity contribution is 0.130. The van der Waals surface area contributed by atoms with E-state index in [1.807, 2.05) is 0 Å². The number of hydrogen-bond donors (Lipinski definition) is 1. The fraction of sp³-hybridized carbons (Fsp3) is 1.00. The lowest BCUT2D eigenvalue weighted by Crippen LogP contribution is -2.46. The highest BCUT2D eigenvalue weighted by Gasteiger charge is 2.15. The zero-order valence-electron chi connectivity index (χ0n) is 11.7. The molecule has 1 heterocycles. The minimum Gasteiger partial charge on any atom is -0.330 e. The Bertz CT molecular complexity index is 162. The molecule has 0 unspecified atom stereocenters. The second-order valence-corrected chi connectivity index (χ2v) is 5.24. The maximum Gasteiger partial charge on any atom is 0.0110 e. The van der Waals surface area contributed by atoms with Crippen molar-refractivity contribution in [1.29, 1.82) is 0 Å². The number of rotatable bonds is 9. The molecule has 0 radical (unpaired) electrons. The molecule has 17 heavy (non-hydrogen) atoms. The van der Waals surface area contributed by atoms with E-state index in [0.717, 1.165) is 13.0 Å². The highest BCUT2D eigenvalue weighted by molar-refractivity contribution is 4.71. The van der Waals surface area contributed by atoms with Crippen molar-refractivity contribution in [3.63, 3.8) is 0 Å². The van der Waals surface area contributed by atoms with Gasteiger partial charge in [-0.1, -0.05) is 32.6 Å². The molecule has 102 valence electrons. The number of nitrogens with two attached hydrogens (primary N) is 1. The molecular formula is C14H31N3. The van der Waals surface area contributed by atoms with E-state index in [2.05, 4.69) is 16.7 Å². The van der Waals surface area contributed by atoms with E-state index in [4.69, 9.17) is 5.73 Å². The fourth-order valence-corrected chi connectivity index (χ4v) is 2.49. The monoisotopic (exact) mass is 241 g/mol.